The molecule has 5 nitrogen and oxygen atoms in total. The molecule has 7 heteroatoms. The molecule has 0 saturated heterocycles. The van der Waals surface area contributed by atoms with E-state index >= 15 is 0 Å². The number of nitrogens with zero attached hydrogens (tertiary/aromatic N) is 2. The van der Waals surface area contributed by atoms with Crippen LogP contribution in [0.2, 0.25) is 0 Å². The van der Waals surface area contributed by atoms with Crippen LogP contribution in [0.15, 0.2) is 35.4 Å². The SMILES string of the molecule is Cc1cnc(C(C)NS(=O)(=O)c2ccc(CC#N)cc2)s1. The summed E-state index contributed by atoms with van der Waals surface area (Å²) in [4.78, 5) is 5.41. The number of benzene rings is 1. The van der Waals surface area contributed by atoms with Gasteiger partial charge in [0.2, 0.25) is 10.0 Å². The van der Waals surface area contributed by atoms with Crippen molar-refractivity contribution in [3.05, 3.63) is 45.9 Å². The van der Waals surface area contributed by atoms with Crippen LogP contribution in [0.1, 0.15) is 28.4 Å². The molecule has 1 unspecified atom stereocenters. The molecule has 0 spiro atoms. The third-order valence-corrected chi connectivity index (χ3v) is 5.51. The van der Waals surface area contributed by atoms with Gasteiger partial charge in [0.1, 0.15) is 5.01 Å². The summed E-state index contributed by atoms with van der Waals surface area (Å²) in [6, 6.07) is 7.96. The van der Waals surface area contributed by atoms with E-state index in [2.05, 4.69) is 9.71 Å². The van der Waals surface area contributed by atoms with Crippen LogP contribution in [0.25, 0.3) is 0 Å². The Morgan fingerprint density at radius 1 is 1.38 bits per heavy atom. The zero-order valence-electron chi connectivity index (χ0n) is 11.7. The number of nitriles is 1. The van der Waals surface area contributed by atoms with Gasteiger partial charge in [0, 0.05) is 11.1 Å². The van der Waals surface area contributed by atoms with Crippen molar-refractivity contribution in [2.45, 2.75) is 31.2 Å². The largest absolute Gasteiger partial charge is 0.248 e. The van der Waals surface area contributed by atoms with Crippen LogP contribution >= 0.6 is 11.3 Å². The monoisotopic (exact) mass is 321 g/mol. The lowest BCUT2D eigenvalue weighted by Crippen LogP contribution is -2.26. The van der Waals surface area contributed by atoms with Crippen LogP contribution in [0.5, 0.6) is 0 Å². The van der Waals surface area contributed by atoms with Crippen LogP contribution in [0.3, 0.4) is 0 Å². The Hall–Kier alpha value is -1.75. The molecule has 2 aromatic rings. The van der Waals surface area contributed by atoms with Crippen LogP contribution in [0, 0.1) is 18.3 Å². The zero-order valence-corrected chi connectivity index (χ0v) is 13.3. The van der Waals surface area contributed by atoms with Crippen molar-refractivity contribution in [1.82, 2.24) is 9.71 Å². The van der Waals surface area contributed by atoms with Gasteiger partial charge in [0.25, 0.3) is 0 Å². The van der Waals surface area contributed by atoms with Crippen molar-refractivity contribution >= 4 is 21.4 Å². The smallest absolute Gasteiger partial charge is 0.241 e. The quantitative estimate of drug-likeness (QED) is 0.917. The van der Waals surface area contributed by atoms with Crippen molar-refractivity contribution in [3.63, 3.8) is 0 Å². The van der Waals surface area contributed by atoms with E-state index in [0.717, 1.165) is 15.4 Å². The first-order valence-electron chi connectivity index (χ1n) is 6.33. The molecule has 0 aliphatic heterocycles. The summed E-state index contributed by atoms with van der Waals surface area (Å²) in [5.41, 5.74) is 0.792. The highest BCUT2D eigenvalue weighted by atomic mass is 32.2. The van der Waals surface area contributed by atoms with E-state index in [0.29, 0.717) is 0 Å². The summed E-state index contributed by atoms with van der Waals surface area (Å²) in [5, 5.41) is 9.34. The lowest BCUT2D eigenvalue weighted by atomic mass is 10.2. The van der Waals surface area contributed by atoms with Crippen molar-refractivity contribution < 1.29 is 8.42 Å². The molecule has 0 amide bonds. The minimum atomic E-state index is -3.60. The van der Waals surface area contributed by atoms with E-state index in [4.69, 9.17) is 5.26 Å². The number of aryl methyl sites for hydroxylation is 1. The summed E-state index contributed by atoms with van der Waals surface area (Å²) in [6.07, 6.45) is 1.99. The van der Waals surface area contributed by atoms with E-state index < -0.39 is 10.0 Å². The first kappa shape index (κ1) is 15.6. The summed E-state index contributed by atoms with van der Waals surface area (Å²) in [7, 11) is -3.60. The number of hydrogen-bond acceptors (Lipinski definition) is 5. The minimum absolute atomic E-state index is 0.185. The highest BCUT2D eigenvalue weighted by molar-refractivity contribution is 7.89. The van der Waals surface area contributed by atoms with Crippen LogP contribution in [-0.2, 0) is 16.4 Å². The second-order valence-electron chi connectivity index (χ2n) is 4.63. The second-order valence-corrected chi connectivity index (χ2v) is 7.61. The van der Waals surface area contributed by atoms with Gasteiger partial charge >= 0.3 is 0 Å². The maximum atomic E-state index is 12.3. The number of rotatable bonds is 5. The molecular weight excluding hydrogens is 306 g/mol. The first-order valence-corrected chi connectivity index (χ1v) is 8.63. The van der Waals surface area contributed by atoms with Gasteiger partial charge in [-0.3, -0.25) is 0 Å². The Kier molecular flexibility index (Phi) is 4.73. The topological polar surface area (TPSA) is 82.8 Å². The van der Waals surface area contributed by atoms with Gasteiger partial charge in [-0.05, 0) is 31.5 Å². The normalized spacial score (nSPS) is 12.8. The van der Waals surface area contributed by atoms with Gasteiger partial charge in [0.05, 0.1) is 23.4 Å². The maximum Gasteiger partial charge on any atom is 0.241 e. The fraction of sp³-hybridized carbons (Fsp3) is 0.286. The second kappa shape index (κ2) is 6.35. The molecule has 0 aliphatic carbocycles. The third kappa shape index (κ3) is 3.88. The Morgan fingerprint density at radius 2 is 2.05 bits per heavy atom. The van der Waals surface area contributed by atoms with Gasteiger partial charge in [-0.2, -0.15) is 5.26 Å². The molecule has 0 saturated carbocycles. The Morgan fingerprint density at radius 3 is 2.57 bits per heavy atom. The molecule has 0 fully saturated rings. The van der Waals surface area contributed by atoms with Gasteiger partial charge in [-0.1, -0.05) is 12.1 Å². The van der Waals surface area contributed by atoms with Crippen LogP contribution in [0.4, 0.5) is 0 Å². The average molecular weight is 321 g/mol. The fourth-order valence-corrected chi connectivity index (χ4v) is 3.86. The van der Waals surface area contributed by atoms with Gasteiger partial charge in [-0.25, -0.2) is 18.1 Å². The van der Waals surface area contributed by atoms with Crippen LogP contribution < -0.4 is 4.72 Å². The lowest BCUT2D eigenvalue weighted by molar-refractivity contribution is 0.566. The summed E-state index contributed by atoms with van der Waals surface area (Å²) in [6.45, 7) is 3.69. The summed E-state index contributed by atoms with van der Waals surface area (Å²) >= 11 is 1.47. The van der Waals surface area contributed by atoms with Gasteiger partial charge in [0.15, 0.2) is 0 Å². The van der Waals surface area contributed by atoms with E-state index in [9.17, 15) is 8.42 Å². The Balaban J connectivity index is 2.16. The summed E-state index contributed by atoms with van der Waals surface area (Å²) in [5.74, 6) is 0. The third-order valence-electron chi connectivity index (χ3n) is 2.86. The predicted octanol–water partition coefficient (Wildman–Crippen LogP) is 2.56. The molecule has 1 aromatic heterocycles. The Bertz CT molecular complexity index is 758. The number of thiazole rings is 1. The number of hydrogen-bond donors (Lipinski definition) is 1. The zero-order chi connectivity index (χ0) is 15.5. The highest BCUT2D eigenvalue weighted by Crippen LogP contribution is 2.21. The standard InChI is InChI=1S/C14H15N3O2S2/c1-10-9-16-14(20-10)11(2)17-21(18,19)13-5-3-12(4-6-13)7-8-15/h3-6,9,11,17H,7H2,1-2H3. The molecular formula is C14H15N3O2S2. The molecule has 1 heterocycles. The van der Waals surface area contributed by atoms with Crippen molar-refractivity contribution in [2.24, 2.45) is 0 Å². The summed E-state index contributed by atoms with van der Waals surface area (Å²) < 4.78 is 27.2. The number of sulfonamides is 1. The number of nitrogens with one attached hydrogen (secondary N) is 1. The number of aromatic nitrogens is 1. The highest BCUT2D eigenvalue weighted by Gasteiger charge is 2.20. The lowest BCUT2D eigenvalue weighted by Gasteiger charge is -2.12. The molecule has 1 aromatic carbocycles. The van der Waals surface area contributed by atoms with Crippen molar-refractivity contribution in [2.75, 3.05) is 0 Å². The minimum Gasteiger partial charge on any atom is -0.248 e. The van der Waals surface area contributed by atoms with Crippen LogP contribution in [-0.4, -0.2) is 13.4 Å². The first-order chi connectivity index (χ1) is 9.92. The fourth-order valence-electron chi connectivity index (χ4n) is 1.80. The molecule has 110 valence electrons. The predicted molar refractivity (Wildman–Crippen MR) is 81.3 cm³/mol. The van der Waals surface area contributed by atoms with E-state index in [1.54, 1.807) is 25.3 Å². The molecule has 21 heavy (non-hydrogen) atoms. The van der Waals surface area contributed by atoms with E-state index in [-0.39, 0.29) is 17.4 Å². The molecule has 2 rings (SSSR count). The molecule has 1 N–H and O–H groups in total. The van der Waals surface area contributed by atoms with Crippen molar-refractivity contribution in [3.8, 4) is 6.07 Å². The molecule has 0 bridgehead atoms. The average Bonchev–Trinajstić information content (AvgIpc) is 2.86. The molecule has 1 atom stereocenters. The van der Waals surface area contributed by atoms with Gasteiger partial charge < -0.3 is 0 Å². The molecule has 0 aliphatic rings. The van der Waals surface area contributed by atoms with Crippen molar-refractivity contribution in [1.29, 1.82) is 5.26 Å². The Labute approximate surface area is 128 Å². The van der Waals surface area contributed by atoms with Gasteiger partial charge in [-0.15, -0.1) is 11.3 Å². The molecule has 0 radical (unpaired) electrons. The van der Waals surface area contributed by atoms with E-state index in [1.165, 1.54) is 23.5 Å². The van der Waals surface area contributed by atoms with E-state index in [1.807, 2.05) is 13.0 Å². The maximum absolute atomic E-state index is 12.3.